The number of carboxylic acid groups (broad SMARTS) is 1. The van der Waals surface area contributed by atoms with Crippen LogP contribution in [-0.4, -0.2) is 41.8 Å². The predicted molar refractivity (Wildman–Crippen MR) is 130 cm³/mol. The van der Waals surface area contributed by atoms with Gasteiger partial charge in [0, 0.05) is 23.5 Å². The molecule has 0 amide bonds. The smallest absolute Gasteiger partial charge is 0.490 e. The van der Waals surface area contributed by atoms with Gasteiger partial charge in [-0.05, 0) is 68.2 Å². The third-order valence-corrected chi connectivity index (χ3v) is 6.41. The lowest BCUT2D eigenvalue weighted by atomic mass is 9.86. The molecule has 10 heteroatoms. The van der Waals surface area contributed by atoms with Crippen LogP contribution < -0.4 is 14.8 Å². The van der Waals surface area contributed by atoms with Gasteiger partial charge < -0.3 is 24.4 Å². The summed E-state index contributed by atoms with van der Waals surface area (Å²) in [6, 6.07) is 12.0. The van der Waals surface area contributed by atoms with E-state index in [1.807, 2.05) is 13.8 Å². The van der Waals surface area contributed by atoms with Crippen LogP contribution in [-0.2, 0) is 6.42 Å². The summed E-state index contributed by atoms with van der Waals surface area (Å²) in [5, 5.41) is 16.7. The molecular weight excluding hydrogens is 489 g/mol. The molecule has 37 heavy (non-hydrogen) atoms. The Morgan fingerprint density at radius 3 is 2.43 bits per heavy atom. The molecule has 7 nitrogen and oxygen atoms in total. The standard InChI is InChI=1S/C27H29F3N2O5/c1-16(2)25-21(24(32-37-25)20-5-3-4-6-22(20)36-27(28,29)30)15-23(17-11-13-31-14-12-17)35-19-9-7-18(8-10-19)26(33)34/h3-10,16-17,23,31H,11-15H2,1-2H3,(H,33,34). The Morgan fingerprint density at radius 2 is 1.81 bits per heavy atom. The molecule has 1 fully saturated rings. The summed E-state index contributed by atoms with van der Waals surface area (Å²) in [7, 11) is 0. The van der Waals surface area contributed by atoms with E-state index < -0.39 is 12.3 Å². The minimum atomic E-state index is -4.86. The third kappa shape index (κ3) is 6.62. The number of piperidine rings is 1. The number of carbonyl (C=O) groups is 1. The topological polar surface area (TPSA) is 93.8 Å². The highest BCUT2D eigenvalue weighted by Crippen LogP contribution is 2.39. The second-order valence-corrected chi connectivity index (χ2v) is 9.35. The minimum absolute atomic E-state index is 0.0736. The Kier molecular flexibility index (Phi) is 8.06. The number of aromatic nitrogens is 1. The maximum atomic E-state index is 13.1. The van der Waals surface area contributed by atoms with Crippen molar-refractivity contribution >= 4 is 5.97 Å². The number of alkyl halides is 3. The van der Waals surface area contributed by atoms with Gasteiger partial charge in [-0.1, -0.05) is 31.1 Å². The molecule has 1 aromatic heterocycles. The highest BCUT2D eigenvalue weighted by atomic mass is 19.4. The van der Waals surface area contributed by atoms with Gasteiger partial charge in [-0.2, -0.15) is 0 Å². The molecule has 198 valence electrons. The van der Waals surface area contributed by atoms with Crippen molar-refractivity contribution in [1.82, 2.24) is 10.5 Å². The highest BCUT2D eigenvalue weighted by Gasteiger charge is 2.34. The Bertz CT molecular complexity index is 1200. The second kappa shape index (κ2) is 11.2. The van der Waals surface area contributed by atoms with Crippen LogP contribution in [0.15, 0.2) is 53.1 Å². The first kappa shape index (κ1) is 26.5. The van der Waals surface area contributed by atoms with Crippen molar-refractivity contribution in [3.63, 3.8) is 0 Å². The van der Waals surface area contributed by atoms with Crippen molar-refractivity contribution in [3.05, 3.63) is 65.4 Å². The third-order valence-electron chi connectivity index (χ3n) is 6.41. The minimum Gasteiger partial charge on any atom is -0.490 e. The van der Waals surface area contributed by atoms with Gasteiger partial charge in [0.1, 0.15) is 29.1 Å². The molecule has 1 aliphatic rings. The van der Waals surface area contributed by atoms with E-state index in [1.54, 1.807) is 18.2 Å². The van der Waals surface area contributed by atoms with Crippen molar-refractivity contribution < 1.29 is 37.1 Å². The number of hydrogen-bond acceptors (Lipinski definition) is 6. The number of halogens is 3. The van der Waals surface area contributed by atoms with Gasteiger partial charge in [0.05, 0.1) is 5.56 Å². The number of benzene rings is 2. The lowest BCUT2D eigenvalue weighted by molar-refractivity contribution is -0.274. The number of hydrogen-bond donors (Lipinski definition) is 2. The van der Waals surface area contributed by atoms with Crippen molar-refractivity contribution in [1.29, 1.82) is 0 Å². The summed E-state index contributed by atoms with van der Waals surface area (Å²) in [5.41, 5.74) is 1.28. The Labute approximate surface area is 212 Å². The van der Waals surface area contributed by atoms with Crippen LogP contribution in [0, 0.1) is 5.92 Å². The van der Waals surface area contributed by atoms with E-state index in [0.29, 0.717) is 23.5 Å². The van der Waals surface area contributed by atoms with Gasteiger partial charge in [0.15, 0.2) is 0 Å². The molecule has 1 unspecified atom stereocenters. The lowest BCUT2D eigenvalue weighted by Crippen LogP contribution is -2.38. The zero-order valence-electron chi connectivity index (χ0n) is 20.5. The van der Waals surface area contributed by atoms with Crippen LogP contribution in [0.4, 0.5) is 13.2 Å². The molecule has 0 saturated carbocycles. The zero-order chi connectivity index (χ0) is 26.6. The molecule has 2 heterocycles. The molecule has 0 spiro atoms. The highest BCUT2D eigenvalue weighted by molar-refractivity contribution is 5.87. The summed E-state index contributed by atoms with van der Waals surface area (Å²) in [6.45, 7) is 5.49. The van der Waals surface area contributed by atoms with Crippen molar-refractivity contribution in [2.75, 3.05) is 13.1 Å². The van der Waals surface area contributed by atoms with Crippen LogP contribution in [0.3, 0.4) is 0 Å². The predicted octanol–water partition coefficient (Wildman–Crippen LogP) is 6.05. The fourth-order valence-electron chi connectivity index (χ4n) is 4.63. The first-order valence-corrected chi connectivity index (χ1v) is 12.2. The quantitative estimate of drug-likeness (QED) is 0.356. The van der Waals surface area contributed by atoms with E-state index in [2.05, 4.69) is 15.2 Å². The lowest BCUT2D eigenvalue weighted by Gasteiger charge is -2.31. The summed E-state index contributed by atoms with van der Waals surface area (Å²) < 4.78 is 55.7. The van der Waals surface area contributed by atoms with Crippen LogP contribution in [0.25, 0.3) is 11.3 Å². The van der Waals surface area contributed by atoms with Gasteiger partial charge in [-0.15, -0.1) is 13.2 Å². The molecule has 0 aliphatic carbocycles. The second-order valence-electron chi connectivity index (χ2n) is 9.35. The van der Waals surface area contributed by atoms with Crippen molar-refractivity contribution in [2.45, 2.75) is 51.5 Å². The molecule has 2 aromatic carbocycles. The van der Waals surface area contributed by atoms with Gasteiger partial charge >= 0.3 is 12.3 Å². The number of nitrogens with one attached hydrogen (secondary N) is 1. The molecule has 1 aliphatic heterocycles. The van der Waals surface area contributed by atoms with Crippen LogP contribution in [0.2, 0.25) is 0 Å². The molecule has 2 N–H and O–H groups in total. The van der Waals surface area contributed by atoms with Crippen molar-refractivity contribution in [2.24, 2.45) is 5.92 Å². The van der Waals surface area contributed by atoms with Gasteiger partial charge in [0.25, 0.3) is 0 Å². The number of ether oxygens (including phenoxy) is 2. The molecule has 0 bridgehead atoms. The summed E-state index contributed by atoms with van der Waals surface area (Å²) in [6.07, 6.45) is -3.15. The molecule has 3 aromatic rings. The monoisotopic (exact) mass is 518 g/mol. The number of nitrogens with zero attached hydrogens (tertiary/aromatic N) is 1. The van der Waals surface area contributed by atoms with Crippen LogP contribution in [0.5, 0.6) is 11.5 Å². The van der Waals surface area contributed by atoms with E-state index >= 15 is 0 Å². The number of aromatic carboxylic acids is 1. The van der Waals surface area contributed by atoms with Gasteiger partial charge in [0.2, 0.25) is 0 Å². The van der Waals surface area contributed by atoms with Crippen LogP contribution >= 0.6 is 0 Å². The molecule has 0 radical (unpaired) electrons. The average Bonchev–Trinajstić information content (AvgIpc) is 3.27. The number of para-hydroxylation sites is 1. The molecular formula is C27H29F3N2O5. The van der Waals surface area contributed by atoms with Crippen molar-refractivity contribution in [3.8, 4) is 22.8 Å². The van der Waals surface area contributed by atoms with Crippen LogP contribution in [0.1, 0.15) is 54.3 Å². The fraction of sp³-hybridized carbons (Fsp3) is 0.407. The molecule has 1 saturated heterocycles. The Morgan fingerprint density at radius 1 is 1.14 bits per heavy atom. The van der Waals surface area contributed by atoms with E-state index in [0.717, 1.165) is 25.9 Å². The van der Waals surface area contributed by atoms with Gasteiger partial charge in [-0.3, -0.25) is 0 Å². The first-order chi connectivity index (χ1) is 17.6. The SMILES string of the molecule is CC(C)c1onc(-c2ccccc2OC(F)(F)F)c1CC(Oc1ccc(C(=O)O)cc1)C1CCNCC1. The fourth-order valence-corrected chi connectivity index (χ4v) is 4.63. The Balaban J connectivity index is 1.72. The summed E-state index contributed by atoms with van der Waals surface area (Å²) in [4.78, 5) is 11.2. The molecule has 1 atom stereocenters. The molecule has 4 rings (SSSR count). The summed E-state index contributed by atoms with van der Waals surface area (Å²) in [5.74, 6) is -0.223. The number of rotatable bonds is 9. The average molecular weight is 519 g/mol. The van der Waals surface area contributed by atoms with E-state index in [-0.39, 0.29) is 40.5 Å². The normalized spacial score (nSPS) is 15.5. The summed E-state index contributed by atoms with van der Waals surface area (Å²) >= 11 is 0. The maximum absolute atomic E-state index is 13.1. The van der Waals surface area contributed by atoms with Gasteiger partial charge in [-0.25, -0.2) is 4.79 Å². The van der Waals surface area contributed by atoms with E-state index in [9.17, 15) is 23.1 Å². The largest absolute Gasteiger partial charge is 0.573 e. The van der Waals surface area contributed by atoms with E-state index in [4.69, 9.17) is 9.26 Å². The first-order valence-electron chi connectivity index (χ1n) is 12.2. The van der Waals surface area contributed by atoms with E-state index in [1.165, 1.54) is 30.3 Å². The maximum Gasteiger partial charge on any atom is 0.573 e. The zero-order valence-corrected chi connectivity index (χ0v) is 20.5. The Hall–Kier alpha value is -3.53. The number of carboxylic acids is 1.